The Morgan fingerprint density at radius 3 is 2.81 bits per heavy atom. The van der Waals surface area contributed by atoms with Gasteiger partial charge in [-0.1, -0.05) is 11.6 Å². The van der Waals surface area contributed by atoms with Gasteiger partial charge in [-0.25, -0.2) is 0 Å². The number of nitro benzene ring substituents is 1. The van der Waals surface area contributed by atoms with Gasteiger partial charge in [0.05, 0.1) is 18.1 Å². The zero-order valence-corrected chi connectivity index (χ0v) is 12.9. The lowest BCUT2D eigenvalue weighted by atomic mass is 10.1. The number of aryl methyl sites for hydroxylation is 1. The third kappa shape index (κ3) is 4.56. The molecule has 0 aromatic heterocycles. The molecule has 1 saturated heterocycles. The topological polar surface area (TPSA) is 67.6 Å². The maximum atomic E-state index is 10.8. The number of rotatable bonds is 6. The lowest BCUT2D eigenvalue weighted by Crippen LogP contribution is -2.37. The first-order valence-corrected chi connectivity index (χ1v) is 7.44. The molecule has 0 bridgehead atoms. The first-order chi connectivity index (χ1) is 10.1. The molecule has 6 nitrogen and oxygen atoms in total. The van der Waals surface area contributed by atoms with E-state index in [1.165, 1.54) is 6.07 Å². The maximum Gasteiger partial charge on any atom is 0.288 e. The maximum absolute atomic E-state index is 10.8. The summed E-state index contributed by atoms with van der Waals surface area (Å²) in [7, 11) is 0. The second kappa shape index (κ2) is 7.59. The van der Waals surface area contributed by atoms with Gasteiger partial charge >= 0.3 is 0 Å². The highest BCUT2D eigenvalue weighted by Crippen LogP contribution is 2.30. The van der Waals surface area contributed by atoms with E-state index < -0.39 is 4.92 Å². The molecule has 1 aliphatic rings. The zero-order chi connectivity index (χ0) is 15.2. The molecule has 0 spiro atoms. The number of benzene rings is 1. The van der Waals surface area contributed by atoms with Crippen LogP contribution >= 0.6 is 11.6 Å². The molecule has 1 N–H and O–H groups in total. The third-order valence-corrected chi connectivity index (χ3v) is 3.86. The first-order valence-electron chi connectivity index (χ1n) is 7.06. The van der Waals surface area contributed by atoms with Crippen LogP contribution in [-0.4, -0.2) is 49.2 Å². The van der Waals surface area contributed by atoms with Gasteiger partial charge in [0, 0.05) is 31.4 Å². The van der Waals surface area contributed by atoms with Gasteiger partial charge in [0.2, 0.25) is 0 Å². The standard InChI is InChI=1S/C14H20ClN3O3/c1-11-9-14(18(19)20)12(15)10-13(11)16-3-2-4-17-5-7-21-8-6-17/h9-10,16H,2-8H2,1H3. The highest BCUT2D eigenvalue weighted by Gasteiger charge is 2.15. The van der Waals surface area contributed by atoms with Crippen molar-refractivity contribution < 1.29 is 9.66 Å². The van der Waals surface area contributed by atoms with E-state index in [1.807, 2.05) is 6.92 Å². The number of hydrogen-bond acceptors (Lipinski definition) is 5. The second-order valence-corrected chi connectivity index (χ2v) is 5.52. The van der Waals surface area contributed by atoms with Crippen molar-refractivity contribution in [2.24, 2.45) is 0 Å². The molecule has 0 atom stereocenters. The molecule has 0 radical (unpaired) electrons. The second-order valence-electron chi connectivity index (χ2n) is 5.11. The fourth-order valence-corrected chi connectivity index (χ4v) is 2.58. The molecule has 2 rings (SSSR count). The number of nitrogens with one attached hydrogen (secondary N) is 1. The quantitative estimate of drug-likeness (QED) is 0.497. The summed E-state index contributed by atoms with van der Waals surface area (Å²) in [6.45, 7) is 7.27. The third-order valence-electron chi connectivity index (χ3n) is 3.56. The molecule has 0 saturated carbocycles. The molecule has 116 valence electrons. The van der Waals surface area contributed by atoms with Crippen LogP contribution in [0.1, 0.15) is 12.0 Å². The van der Waals surface area contributed by atoms with Crippen molar-refractivity contribution in [3.05, 3.63) is 32.8 Å². The Labute approximate surface area is 129 Å². The summed E-state index contributed by atoms with van der Waals surface area (Å²) in [5, 5.41) is 14.3. The number of anilines is 1. The summed E-state index contributed by atoms with van der Waals surface area (Å²) in [6, 6.07) is 3.14. The van der Waals surface area contributed by atoms with E-state index in [4.69, 9.17) is 16.3 Å². The van der Waals surface area contributed by atoms with Crippen molar-refractivity contribution in [3.63, 3.8) is 0 Å². The Morgan fingerprint density at radius 1 is 1.43 bits per heavy atom. The van der Waals surface area contributed by atoms with Crippen LogP contribution in [0.2, 0.25) is 5.02 Å². The number of ether oxygens (including phenoxy) is 1. The predicted molar refractivity (Wildman–Crippen MR) is 83.2 cm³/mol. The average molecular weight is 314 g/mol. The van der Waals surface area contributed by atoms with Gasteiger partial charge in [0.25, 0.3) is 5.69 Å². The van der Waals surface area contributed by atoms with E-state index in [0.29, 0.717) is 0 Å². The van der Waals surface area contributed by atoms with E-state index in [0.717, 1.165) is 57.1 Å². The highest BCUT2D eigenvalue weighted by molar-refractivity contribution is 6.33. The Hall–Kier alpha value is -1.37. The minimum absolute atomic E-state index is 0.0481. The zero-order valence-electron chi connectivity index (χ0n) is 12.1. The summed E-state index contributed by atoms with van der Waals surface area (Å²) in [5.41, 5.74) is 1.64. The predicted octanol–water partition coefficient (Wildman–Crippen LogP) is 2.69. The van der Waals surface area contributed by atoms with Crippen LogP contribution in [0, 0.1) is 17.0 Å². The molecule has 0 unspecified atom stereocenters. The number of halogens is 1. The Kier molecular flexibility index (Phi) is 5.78. The fraction of sp³-hybridized carbons (Fsp3) is 0.571. The van der Waals surface area contributed by atoms with Gasteiger partial charge in [-0.2, -0.15) is 0 Å². The summed E-state index contributed by atoms with van der Waals surface area (Å²) in [6.07, 6.45) is 1.01. The van der Waals surface area contributed by atoms with Crippen LogP contribution in [0.4, 0.5) is 11.4 Å². The minimum Gasteiger partial charge on any atom is -0.385 e. The number of morpholine rings is 1. The van der Waals surface area contributed by atoms with E-state index in [1.54, 1.807) is 6.07 Å². The van der Waals surface area contributed by atoms with Crippen LogP contribution in [0.5, 0.6) is 0 Å². The van der Waals surface area contributed by atoms with E-state index in [2.05, 4.69) is 10.2 Å². The van der Waals surface area contributed by atoms with E-state index in [9.17, 15) is 10.1 Å². The molecule has 1 aromatic carbocycles. The average Bonchev–Trinajstić information content (AvgIpc) is 2.47. The van der Waals surface area contributed by atoms with Gasteiger partial charge < -0.3 is 10.1 Å². The van der Waals surface area contributed by atoms with Crippen molar-refractivity contribution in [2.45, 2.75) is 13.3 Å². The normalized spacial score (nSPS) is 15.9. The van der Waals surface area contributed by atoms with Crippen molar-refractivity contribution in [3.8, 4) is 0 Å². The van der Waals surface area contributed by atoms with Gasteiger partial charge in [0.15, 0.2) is 0 Å². The number of hydrogen-bond donors (Lipinski definition) is 1. The molecular formula is C14H20ClN3O3. The lowest BCUT2D eigenvalue weighted by molar-refractivity contribution is -0.384. The van der Waals surface area contributed by atoms with Gasteiger partial charge in [-0.05, 0) is 31.5 Å². The van der Waals surface area contributed by atoms with Crippen molar-refractivity contribution in [1.29, 1.82) is 0 Å². The molecule has 1 aliphatic heterocycles. The molecule has 1 aromatic rings. The molecule has 0 amide bonds. The van der Waals surface area contributed by atoms with Gasteiger partial charge in [-0.15, -0.1) is 0 Å². The van der Waals surface area contributed by atoms with Crippen LogP contribution in [-0.2, 0) is 4.74 Å². The Balaban J connectivity index is 1.82. The molecular weight excluding hydrogens is 294 g/mol. The monoisotopic (exact) mass is 313 g/mol. The smallest absolute Gasteiger partial charge is 0.288 e. The molecule has 21 heavy (non-hydrogen) atoms. The molecule has 7 heteroatoms. The summed E-state index contributed by atoms with van der Waals surface area (Å²) >= 11 is 5.93. The van der Waals surface area contributed by atoms with Crippen LogP contribution < -0.4 is 5.32 Å². The molecule has 1 fully saturated rings. The van der Waals surface area contributed by atoms with Crippen LogP contribution in [0.25, 0.3) is 0 Å². The molecule has 1 heterocycles. The highest BCUT2D eigenvalue weighted by atomic mass is 35.5. The minimum atomic E-state index is -0.461. The Morgan fingerprint density at radius 2 is 2.14 bits per heavy atom. The first kappa shape index (κ1) is 16.0. The lowest BCUT2D eigenvalue weighted by Gasteiger charge is -2.26. The SMILES string of the molecule is Cc1cc([N+](=O)[O-])c(Cl)cc1NCCCN1CCOCC1. The van der Waals surface area contributed by atoms with Crippen molar-refractivity contribution >= 4 is 23.0 Å². The van der Waals surface area contributed by atoms with Crippen LogP contribution in [0.3, 0.4) is 0 Å². The summed E-state index contributed by atoms with van der Waals surface area (Å²) < 4.78 is 5.31. The summed E-state index contributed by atoms with van der Waals surface area (Å²) in [4.78, 5) is 12.7. The van der Waals surface area contributed by atoms with Gasteiger partial charge in [0.1, 0.15) is 5.02 Å². The summed E-state index contributed by atoms with van der Waals surface area (Å²) in [5.74, 6) is 0. The van der Waals surface area contributed by atoms with E-state index >= 15 is 0 Å². The van der Waals surface area contributed by atoms with Gasteiger partial charge in [-0.3, -0.25) is 15.0 Å². The van der Waals surface area contributed by atoms with E-state index in [-0.39, 0.29) is 10.7 Å². The molecule has 0 aliphatic carbocycles. The largest absolute Gasteiger partial charge is 0.385 e. The van der Waals surface area contributed by atoms with Crippen LogP contribution in [0.15, 0.2) is 12.1 Å². The number of nitro groups is 1. The Bertz CT molecular complexity index is 504. The van der Waals surface area contributed by atoms with Crippen molar-refractivity contribution in [2.75, 3.05) is 44.7 Å². The van der Waals surface area contributed by atoms with Crippen molar-refractivity contribution in [1.82, 2.24) is 4.90 Å². The number of nitrogens with zero attached hydrogens (tertiary/aromatic N) is 2. The fourth-order valence-electron chi connectivity index (χ4n) is 2.35.